The molecule has 0 radical (unpaired) electrons. The molecule has 1 aromatic carbocycles. The second-order valence-electron chi connectivity index (χ2n) is 6.77. The minimum atomic E-state index is 0.258. The van der Waals surface area contributed by atoms with Gasteiger partial charge < -0.3 is 11.1 Å². The number of rotatable bonds is 7. The lowest BCUT2D eigenvalue weighted by atomic mass is 9.85. The fourth-order valence-electron chi connectivity index (χ4n) is 3.07. The Hall–Kier alpha value is -0.860. The normalized spacial score (nSPS) is 13.5. The quantitative estimate of drug-likeness (QED) is 0.794. The second-order valence-corrected chi connectivity index (χ2v) is 6.77. The summed E-state index contributed by atoms with van der Waals surface area (Å²) in [6.07, 6.45) is 0. The van der Waals surface area contributed by atoms with Gasteiger partial charge in [0, 0.05) is 12.6 Å². The number of nitrogens with one attached hydrogen (secondary N) is 1. The summed E-state index contributed by atoms with van der Waals surface area (Å²) in [7, 11) is 0. The van der Waals surface area contributed by atoms with Gasteiger partial charge in [-0.1, -0.05) is 57.0 Å². The van der Waals surface area contributed by atoms with E-state index in [4.69, 9.17) is 5.73 Å². The monoisotopic (exact) mass is 276 g/mol. The third-order valence-corrected chi connectivity index (χ3v) is 4.19. The summed E-state index contributed by atoms with van der Waals surface area (Å²) in [4.78, 5) is 0. The molecular formula is C18H32N2. The maximum absolute atomic E-state index is 5.98. The van der Waals surface area contributed by atoms with Crippen molar-refractivity contribution in [3.63, 3.8) is 0 Å². The van der Waals surface area contributed by atoms with Crippen LogP contribution in [-0.2, 0) is 0 Å². The third kappa shape index (κ3) is 4.92. The van der Waals surface area contributed by atoms with Gasteiger partial charge in [-0.3, -0.25) is 0 Å². The van der Waals surface area contributed by atoms with Gasteiger partial charge in [-0.05, 0) is 43.7 Å². The summed E-state index contributed by atoms with van der Waals surface area (Å²) in [6, 6.07) is 6.96. The van der Waals surface area contributed by atoms with Crippen LogP contribution in [0, 0.1) is 31.6 Å². The van der Waals surface area contributed by atoms with Crippen LogP contribution in [0.15, 0.2) is 18.2 Å². The molecule has 2 nitrogen and oxygen atoms in total. The Balaban J connectivity index is 2.76. The Morgan fingerprint density at radius 1 is 0.950 bits per heavy atom. The van der Waals surface area contributed by atoms with E-state index in [1.165, 1.54) is 16.7 Å². The van der Waals surface area contributed by atoms with Crippen molar-refractivity contribution >= 4 is 0 Å². The molecule has 20 heavy (non-hydrogen) atoms. The van der Waals surface area contributed by atoms with Crippen LogP contribution in [0.3, 0.4) is 0 Å². The molecule has 0 aliphatic heterocycles. The van der Waals surface area contributed by atoms with E-state index in [0.29, 0.717) is 24.3 Å². The molecule has 0 aromatic heterocycles. The van der Waals surface area contributed by atoms with Crippen molar-refractivity contribution in [1.29, 1.82) is 0 Å². The maximum atomic E-state index is 5.98. The number of aryl methyl sites for hydroxylation is 2. The fraction of sp³-hybridized carbons (Fsp3) is 0.667. The van der Waals surface area contributed by atoms with Gasteiger partial charge in [0.1, 0.15) is 0 Å². The first kappa shape index (κ1) is 17.2. The Bertz CT molecular complexity index is 382. The summed E-state index contributed by atoms with van der Waals surface area (Å²) in [5.41, 5.74) is 9.92. The van der Waals surface area contributed by atoms with E-state index in [-0.39, 0.29) is 6.04 Å². The number of nitrogens with two attached hydrogens (primary N) is 1. The molecule has 0 amide bonds. The van der Waals surface area contributed by atoms with Crippen molar-refractivity contribution in [1.82, 2.24) is 5.32 Å². The van der Waals surface area contributed by atoms with Crippen LogP contribution in [0.1, 0.15) is 50.4 Å². The number of hydrogen-bond acceptors (Lipinski definition) is 2. The SMILES string of the molecule is Cc1cc(C)cc(C(CN)NCC(C(C)C)C(C)C)c1. The molecule has 1 aromatic rings. The zero-order valence-corrected chi connectivity index (χ0v) is 14.0. The lowest BCUT2D eigenvalue weighted by molar-refractivity contribution is 0.266. The zero-order valence-electron chi connectivity index (χ0n) is 14.0. The van der Waals surface area contributed by atoms with Crippen molar-refractivity contribution in [2.24, 2.45) is 23.5 Å². The van der Waals surface area contributed by atoms with E-state index in [1.807, 2.05) is 0 Å². The molecule has 114 valence electrons. The third-order valence-electron chi connectivity index (χ3n) is 4.19. The Morgan fingerprint density at radius 2 is 1.45 bits per heavy atom. The van der Waals surface area contributed by atoms with E-state index < -0.39 is 0 Å². The minimum absolute atomic E-state index is 0.258. The van der Waals surface area contributed by atoms with Crippen molar-refractivity contribution in [2.45, 2.75) is 47.6 Å². The Labute approximate surface area is 125 Å². The highest BCUT2D eigenvalue weighted by atomic mass is 14.9. The smallest absolute Gasteiger partial charge is 0.0444 e. The first-order valence-electron chi connectivity index (χ1n) is 7.86. The first-order chi connectivity index (χ1) is 9.35. The maximum Gasteiger partial charge on any atom is 0.0444 e. The largest absolute Gasteiger partial charge is 0.329 e. The van der Waals surface area contributed by atoms with Gasteiger partial charge >= 0.3 is 0 Å². The van der Waals surface area contributed by atoms with Crippen LogP contribution >= 0.6 is 0 Å². The van der Waals surface area contributed by atoms with E-state index >= 15 is 0 Å². The van der Waals surface area contributed by atoms with Crippen LogP contribution in [-0.4, -0.2) is 13.1 Å². The van der Waals surface area contributed by atoms with E-state index in [9.17, 15) is 0 Å². The predicted octanol–water partition coefficient (Wildman–Crippen LogP) is 3.82. The van der Waals surface area contributed by atoms with E-state index in [2.05, 4.69) is 65.1 Å². The van der Waals surface area contributed by atoms with Crippen molar-refractivity contribution in [2.75, 3.05) is 13.1 Å². The zero-order chi connectivity index (χ0) is 15.3. The topological polar surface area (TPSA) is 38.0 Å². The van der Waals surface area contributed by atoms with Gasteiger partial charge in [0.2, 0.25) is 0 Å². The van der Waals surface area contributed by atoms with E-state index in [0.717, 1.165) is 6.54 Å². The molecule has 0 spiro atoms. The van der Waals surface area contributed by atoms with Crippen LogP contribution in [0.5, 0.6) is 0 Å². The molecule has 0 fully saturated rings. The van der Waals surface area contributed by atoms with Gasteiger partial charge in [-0.25, -0.2) is 0 Å². The Morgan fingerprint density at radius 3 is 1.85 bits per heavy atom. The number of hydrogen-bond donors (Lipinski definition) is 2. The molecule has 0 aliphatic rings. The summed E-state index contributed by atoms with van der Waals surface area (Å²) in [6.45, 7) is 15.2. The van der Waals surface area contributed by atoms with Crippen LogP contribution in [0.25, 0.3) is 0 Å². The average Bonchev–Trinajstić information content (AvgIpc) is 2.32. The van der Waals surface area contributed by atoms with Gasteiger partial charge in [0.25, 0.3) is 0 Å². The van der Waals surface area contributed by atoms with Gasteiger partial charge in [0.15, 0.2) is 0 Å². The molecule has 3 N–H and O–H groups in total. The van der Waals surface area contributed by atoms with Crippen LogP contribution in [0.4, 0.5) is 0 Å². The number of benzene rings is 1. The van der Waals surface area contributed by atoms with Gasteiger partial charge in [0.05, 0.1) is 0 Å². The molecular weight excluding hydrogens is 244 g/mol. The van der Waals surface area contributed by atoms with Gasteiger partial charge in [-0.2, -0.15) is 0 Å². The van der Waals surface area contributed by atoms with Crippen molar-refractivity contribution < 1.29 is 0 Å². The lowest BCUT2D eigenvalue weighted by Gasteiger charge is -2.28. The highest BCUT2D eigenvalue weighted by Gasteiger charge is 2.19. The summed E-state index contributed by atoms with van der Waals surface area (Å²) in [5, 5.41) is 3.68. The summed E-state index contributed by atoms with van der Waals surface area (Å²) >= 11 is 0. The van der Waals surface area contributed by atoms with Crippen molar-refractivity contribution in [3.8, 4) is 0 Å². The predicted molar refractivity (Wildman–Crippen MR) is 88.9 cm³/mol. The van der Waals surface area contributed by atoms with Gasteiger partial charge in [-0.15, -0.1) is 0 Å². The minimum Gasteiger partial charge on any atom is -0.329 e. The molecule has 0 saturated heterocycles. The fourth-order valence-corrected chi connectivity index (χ4v) is 3.07. The Kier molecular flexibility index (Phi) is 6.70. The first-order valence-corrected chi connectivity index (χ1v) is 7.86. The molecule has 0 aliphatic carbocycles. The molecule has 0 bridgehead atoms. The second kappa shape index (κ2) is 7.80. The average molecular weight is 276 g/mol. The molecule has 1 rings (SSSR count). The molecule has 0 heterocycles. The lowest BCUT2D eigenvalue weighted by Crippen LogP contribution is -2.35. The molecule has 1 unspecified atom stereocenters. The summed E-state index contributed by atoms with van der Waals surface area (Å²) in [5.74, 6) is 2.08. The standard InChI is InChI=1S/C18H32N2/c1-12(2)17(13(3)4)11-20-18(10-19)16-8-14(5)7-15(6)9-16/h7-9,12-13,17-18,20H,10-11,19H2,1-6H3. The van der Waals surface area contributed by atoms with Crippen LogP contribution < -0.4 is 11.1 Å². The molecule has 2 heteroatoms. The molecule has 1 atom stereocenters. The highest BCUT2D eigenvalue weighted by Crippen LogP contribution is 2.22. The van der Waals surface area contributed by atoms with E-state index in [1.54, 1.807) is 0 Å². The van der Waals surface area contributed by atoms with Crippen molar-refractivity contribution in [3.05, 3.63) is 34.9 Å². The summed E-state index contributed by atoms with van der Waals surface area (Å²) < 4.78 is 0. The molecule has 0 saturated carbocycles. The highest BCUT2D eigenvalue weighted by molar-refractivity contribution is 5.30. The van der Waals surface area contributed by atoms with Crippen LogP contribution in [0.2, 0.25) is 0 Å².